The zero-order chi connectivity index (χ0) is 15.2. The fraction of sp³-hybridized carbons (Fsp3) is 0.250. The molecule has 7 nitrogen and oxygen atoms in total. The van der Waals surface area contributed by atoms with E-state index in [-0.39, 0.29) is 11.6 Å². The molecule has 0 fully saturated rings. The van der Waals surface area contributed by atoms with E-state index in [0.29, 0.717) is 34.4 Å². The van der Waals surface area contributed by atoms with E-state index in [4.69, 9.17) is 11.6 Å². The number of carbonyl (C=O) groups is 1. The van der Waals surface area contributed by atoms with Gasteiger partial charge in [-0.25, -0.2) is 0 Å². The van der Waals surface area contributed by atoms with Crippen LogP contribution in [0.15, 0.2) is 24.3 Å². The summed E-state index contributed by atoms with van der Waals surface area (Å²) < 4.78 is 0. The van der Waals surface area contributed by atoms with Gasteiger partial charge in [0.15, 0.2) is 0 Å². The zero-order valence-corrected chi connectivity index (χ0v) is 12.4. The van der Waals surface area contributed by atoms with E-state index in [0.717, 1.165) is 0 Å². The molecule has 0 spiro atoms. The van der Waals surface area contributed by atoms with E-state index in [9.17, 15) is 14.9 Å². The van der Waals surface area contributed by atoms with Gasteiger partial charge in [0, 0.05) is 30.0 Å². The molecule has 0 aliphatic heterocycles. The van der Waals surface area contributed by atoms with Crippen molar-refractivity contribution in [3.8, 4) is 10.6 Å². The topological polar surface area (TPSA) is 98.0 Å². The minimum absolute atomic E-state index is 0.0119. The Morgan fingerprint density at radius 2 is 2.05 bits per heavy atom. The summed E-state index contributed by atoms with van der Waals surface area (Å²) in [6.45, 7) is 0. The van der Waals surface area contributed by atoms with Crippen molar-refractivity contribution >= 4 is 39.7 Å². The van der Waals surface area contributed by atoms with Crippen LogP contribution in [-0.4, -0.2) is 26.9 Å². The maximum Gasteiger partial charge on any atom is 0.269 e. The van der Waals surface area contributed by atoms with Crippen molar-refractivity contribution in [3.63, 3.8) is 0 Å². The highest BCUT2D eigenvalue weighted by Crippen LogP contribution is 2.27. The summed E-state index contributed by atoms with van der Waals surface area (Å²) in [4.78, 5) is 21.6. The summed E-state index contributed by atoms with van der Waals surface area (Å²) in [7, 11) is 0. The van der Waals surface area contributed by atoms with Crippen LogP contribution in [0, 0.1) is 10.1 Å². The maximum atomic E-state index is 11.5. The summed E-state index contributed by atoms with van der Waals surface area (Å²) in [5, 5.41) is 22.0. The lowest BCUT2D eigenvalue weighted by Gasteiger charge is -1.98. The van der Waals surface area contributed by atoms with Crippen LogP contribution < -0.4 is 5.32 Å². The molecular weight excluding hydrogens is 316 g/mol. The van der Waals surface area contributed by atoms with E-state index < -0.39 is 4.92 Å². The molecule has 9 heteroatoms. The third-order valence-electron chi connectivity index (χ3n) is 2.53. The van der Waals surface area contributed by atoms with Gasteiger partial charge in [-0.15, -0.1) is 21.8 Å². The molecule has 1 amide bonds. The van der Waals surface area contributed by atoms with Crippen LogP contribution >= 0.6 is 22.9 Å². The number of nitro groups is 1. The SMILES string of the molecule is O=C(CCCCl)Nc1nnc(-c2ccc([N+](=O)[O-])cc2)s1. The van der Waals surface area contributed by atoms with Crippen LogP contribution in [0.3, 0.4) is 0 Å². The number of benzene rings is 1. The van der Waals surface area contributed by atoms with E-state index in [1.165, 1.54) is 23.5 Å². The molecule has 0 radical (unpaired) electrons. The Hall–Kier alpha value is -2.06. The molecule has 110 valence electrons. The number of non-ortho nitro benzene ring substituents is 1. The van der Waals surface area contributed by atoms with Gasteiger partial charge in [0.05, 0.1) is 4.92 Å². The minimum atomic E-state index is -0.466. The molecule has 0 bridgehead atoms. The first-order valence-electron chi connectivity index (χ1n) is 6.04. The first-order valence-corrected chi connectivity index (χ1v) is 7.39. The average molecular weight is 327 g/mol. The highest BCUT2D eigenvalue weighted by molar-refractivity contribution is 7.18. The van der Waals surface area contributed by atoms with Crippen LogP contribution in [0.4, 0.5) is 10.8 Å². The number of anilines is 1. The molecule has 21 heavy (non-hydrogen) atoms. The number of halogens is 1. The lowest BCUT2D eigenvalue weighted by Crippen LogP contribution is -2.10. The Morgan fingerprint density at radius 1 is 1.33 bits per heavy atom. The van der Waals surface area contributed by atoms with Crippen LogP contribution in [0.5, 0.6) is 0 Å². The van der Waals surface area contributed by atoms with Gasteiger partial charge in [-0.3, -0.25) is 14.9 Å². The molecule has 2 aromatic rings. The molecule has 1 aromatic heterocycles. The van der Waals surface area contributed by atoms with E-state index >= 15 is 0 Å². The second-order valence-corrected chi connectivity index (χ2v) is 5.41. The Morgan fingerprint density at radius 3 is 2.67 bits per heavy atom. The molecule has 0 saturated carbocycles. The predicted molar refractivity (Wildman–Crippen MR) is 80.6 cm³/mol. The molecule has 0 unspecified atom stereocenters. The van der Waals surface area contributed by atoms with Crippen molar-refractivity contribution in [2.45, 2.75) is 12.8 Å². The number of nitrogens with zero attached hydrogens (tertiary/aromatic N) is 3. The van der Waals surface area contributed by atoms with E-state index in [2.05, 4.69) is 15.5 Å². The van der Waals surface area contributed by atoms with Crippen molar-refractivity contribution in [1.82, 2.24) is 10.2 Å². The molecule has 1 heterocycles. The smallest absolute Gasteiger partial charge is 0.269 e. The number of aromatic nitrogens is 2. The van der Waals surface area contributed by atoms with Crippen molar-refractivity contribution in [1.29, 1.82) is 0 Å². The van der Waals surface area contributed by atoms with Crippen LogP contribution in [0.1, 0.15) is 12.8 Å². The van der Waals surface area contributed by atoms with Gasteiger partial charge in [-0.1, -0.05) is 11.3 Å². The number of rotatable bonds is 6. The lowest BCUT2D eigenvalue weighted by molar-refractivity contribution is -0.384. The number of nitro benzene ring substituents is 1. The van der Waals surface area contributed by atoms with Gasteiger partial charge in [-0.2, -0.15) is 0 Å². The standard InChI is InChI=1S/C12H11ClN4O3S/c13-7-1-2-10(18)14-12-16-15-11(21-12)8-3-5-9(6-4-8)17(19)20/h3-6H,1-2,7H2,(H,14,16,18). The maximum absolute atomic E-state index is 11.5. The Kier molecular flexibility index (Phi) is 5.18. The quantitative estimate of drug-likeness (QED) is 0.499. The van der Waals surface area contributed by atoms with Gasteiger partial charge in [0.25, 0.3) is 5.69 Å². The summed E-state index contributed by atoms with van der Waals surface area (Å²) in [6, 6.07) is 5.99. The molecule has 0 atom stereocenters. The summed E-state index contributed by atoms with van der Waals surface area (Å²) in [6.07, 6.45) is 0.928. The number of carbonyl (C=O) groups excluding carboxylic acids is 1. The van der Waals surface area contributed by atoms with E-state index in [1.54, 1.807) is 12.1 Å². The third kappa shape index (κ3) is 4.20. The number of amides is 1. The number of hydrogen-bond donors (Lipinski definition) is 1. The molecule has 0 aliphatic carbocycles. The van der Waals surface area contributed by atoms with Crippen molar-refractivity contribution in [3.05, 3.63) is 34.4 Å². The summed E-state index contributed by atoms with van der Waals surface area (Å²) in [5.74, 6) is 0.263. The summed E-state index contributed by atoms with van der Waals surface area (Å²) in [5.41, 5.74) is 0.720. The molecule has 1 N–H and O–H groups in total. The van der Waals surface area contributed by atoms with Crippen molar-refractivity contribution in [2.75, 3.05) is 11.2 Å². The molecular formula is C12H11ClN4O3S. The first-order chi connectivity index (χ1) is 10.1. The first kappa shape index (κ1) is 15.3. The van der Waals surface area contributed by atoms with Crippen LogP contribution in [-0.2, 0) is 4.79 Å². The highest BCUT2D eigenvalue weighted by Gasteiger charge is 2.11. The largest absolute Gasteiger partial charge is 0.301 e. The van der Waals surface area contributed by atoms with Crippen LogP contribution in [0.25, 0.3) is 10.6 Å². The van der Waals surface area contributed by atoms with Crippen LogP contribution in [0.2, 0.25) is 0 Å². The van der Waals surface area contributed by atoms with Gasteiger partial charge >= 0.3 is 0 Å². The molecule has 1 aromatic carbocycles. The van der Waals surface area contributed by atoms with Crippen molar-refractivity contribution in [2.24, 2.45) is 0 Å². The van der Waals surface area contributed by atoms with Crippen molar-refractivity contribution < 1.29 is 9.72 Å². The fourth-order valence-electron chi connectivity index (χ4n) is 1.53. The second kappa shape index (κ2) is 7.09. The molecule has 2 rings (SSSR count). The number of nitrogens with one attached hydrogen (secondary N) is 1. The fourth-order valence-corrected chi connectivity index (χ4v) is 2.42. The average Bonchev–Trinajstić information content (AvgIpc) is 2.93. The van der Waals surface area contributed by atoms with Gasteiger partial charge in [-0.05, 0) is 18.6 Å². The Labute approximate surface area is 129 Å². The van der Waals surface area contributed by atoms with E-state index in [1.807, 2.05) is 0 Å². The Bertz CT molecular complexity index is 644. The molecule has 0 saturated heterocycles. The Balaban J connectivity index is 2.05. The minimum Gasteiger partial charge on any atom is -0.301 e. The molecule has 0 aliphatic rings. The van der Waals surface area contributed by atoms with Gasteiger partial charge < -0.3 is 5.32 Å². The normalized spacial score (nSPS) is 10.3. The second-order valence-electron chi connectivity index (χ2n) is 4.06. The van der Waals surface area contributed by atoms with Gasteiger partial charge in [0.1, 0.15) is 5.01 Å². The zero-order valence-electron chi connectivity index (χ0n) is 10.8. The predicted octanol–water partition coefficient (Wildman–Crippen LogP) is 3.07. The monoisotopic (exact) mass is 326 g/mol. The third-order valence-corrected chi connectivity index (χ3v) is 3.69. The number of alkyl halides is 1. The number of hydrogen-bond acceptors (Lipinski definition) is 6. The summed E-state index contributed by atoms with van der Waals surface area (Å²) >= 11 is 6.72. The lowest BCUT2D eigenvalue weighted by atomic mass is 10.2. The highest BCUT2D eigenvalue weighted by atomic mass is 35.5. The van der Waals surface area contributed by atoms with Gasteiger partial charge in [0.2, 0.25) is 11.0 Å².